The van der Waals surface area contributed by atoms with E-state index in [0.29, 0.717) is 29.4 Å². The van der Waals surface area contributed by atoms with Gasteiger partial charge in [0.2, 0.25) is 5.95 Å². The Morgan fingerprint density at radius 3 is 2.50 bits per heavy atom. The maximum Gasteiger partial charge on any atom is 0.416 e. The summed E-state index contributed by atoms with van der Waals surface area (Å²) in [7, 11) is 0. The van der Waals surface area contributed by atoms with Crippen LogP contribution in [0.15, 0.2) is 43.2 Å². The second-order valence-corrected chi connectivity index (χ2v) is 6.29. The van der Waals surface area contributed by atoms with Crippen molar-refractivity contribution in [1.29, 1.82) is 0 Å². The molecule has 0 amide bonds. The van der Waals surface area contributed by atoms with Crippen molar-refractivity contribution in [2.75, 3.05) is 11.9 Å². The molecule has 1 heterocycles. The average molecular weight is 363 g/mol. The van der Waals surface area contributed by atoms with Crippen molar-refractivity contribution in [3.05, 3.63) is 59.9 Å². The monoisotopic (exact) mass is 363 g/mol. The largest absolute Gasteiger partial charge is 0.494 e. The van der Waals surface area contributed by atoms with Crippen molar-refractivity contribution >= 4 is 11.7 Å². The van der Waals surface area contributed by atoms with Crippen molar-refractivity contribution < 1.29 is 17.9 Å². The van der Waals surface area contributed by atoms with Crippen LogP contribution in [0.1, 0.15) is 42.9 Å². The number of anilines is 1. The molecule has 1 aromatic carbocycles. The van der Waals surface area contributed by atoms with Crippen LogP contribution >= 0.6 is 0 Å². The highest BCUT2D eigenvalue weighted by molar-refractivity contribution is 5.56. The normalized spacial score (nSPS) is 15.8. The molecule has 3 rings (SSSR count). The second kappa shape index (κ2) is 6.97. The third kappa shape index (κ3) is 3.66. The number of benzene rings is 1. The van der Waals surface area contributed by atoms with Gasteiger partial charge in [-0.25, -0.2) is 9.97 Å². The van der Waals surface area contributed by atoms with Gasteiger partial charge in [-0.3, -0.25) is 0 Å². The Morgan fingerprint density at radius 2 is 1.96 bits per heavy atom. The molecule has 1 aliphatic rings. The minimum Gasteiger partial charge on any atom is -0.494 e. The summed E-state index contributed by atoms with van der Waals surface area (Å²) in [5.74, 6) is 0.852. The zero-order valence-corrected chi connectivity index (χ0v) is 14.4. The van der Waals surface area contributed by atoms with Crippen LogP contribution in [-0.4, -0.2) is 16.6 Å². The highest BCUT2D eigenvalue weighted by Gasteiger charge is 2.41. The fourth-order valence-corrected chi connectivity index (χ4v) is 3.02. The number of rotatable bonds is 6. The molecule has 0 bridgehead atoms. The number of aromatic nitrogens is 2. The van der Waals surface area contributed by atoms with Crippen molar-refractivity contribution in [3.63, 3.8) is 0 Å². The lowest BCUT2D eigenvalue weighted by Gasteiger charge is -2.43. The van der Waals surface area contributed by atoms with Crippen LogP contribution in [0.5, 0.6) is 0 Å². The standard InChI is InChI=1S/C19H20F3N3O/c1-3-26-13(2)14-11-23-17(24-12-14)25-18(8-5-9-18)15-6-4-7-16(10-15)19(20,21)22/h4,6-7,10-12H,2-3,5,8-9H2,1H3,(H,23,24,25). The minimum absolute atomic E-state index is 0.371. The topological polar surface area (TPSA) is 47.0 Å². The van der Waals surface area contributed by atoms with E-state index >= 15 is 0 Å². The molecule has 0 unspecified atom stereocenters. The Morgan fingerprint density at radius 1 is 1.27 bits per heavy atom. The molecule has 0 radical (unpaired) electrons. The van der Waals surface area contributed by atoms with Gasteiger partial charge in [0.1, 0.15) is 5.76 Å². The molecular formula is C19H20F3N3O. The zero-order valence-electron chi connectivity index (χ0n) is 14.4. The molecule has 138 valence electrons. The summed E-state index contributed by atoms with van der Waals surface area (Å²) < 4.78 is 44.4. The van der Waals surface area contributed by atoms with Gasteiger partial charge in [-0.05, 0) is 43.9 Å². The molecule has 1 aliphatic carbocycles. The first-order valence-corrected chi connectivity index (χ1v) is 8.44. The quantitative estimate of drug-likeness (QED) is 0.734. The van der Waals surface area contributed by atoms with E-state index < -0.39 is 17.3 Å². The van der Waals surface area contributed by atoms with E-state index in [4.69, 9.17) is 4.74 Å². The van der Waals surface area contributed by atoms with Crippen molar-refractivity contribution in [2.24, 2.45) is 0 Å². The highest BCUT2D eigenvalue weighted by Crippen LogP contribution is 2.44. The molecule has 1 fully saturated rings. The molecule has 7 heteroatoms. The summed E-state index contributed by atoms with van der Waals surface area (Å²) >= 11 is 0. The first-order chi connectivity index (χ1) is 12.3. The van der Waals surface area contributed by atoms with Crippen molar-refractivity contribution in [3.8, 4) is 0 Å². The summed E-state index contributed by atoms with van der Waals surface area (Å²) in [6.07, 6.45) is 1.20. The summed E-state index contributed by atoms with van der Waals surface area (Å²) in [5.41, 5.74) is 0.0520. The third-order valence-corrected chi connectivity index (χ3v) is 4.59. The van der Waals surface area contributed by atoms with E-state index in [2.05, 4.69) is 21.9 Å². The fourth-order valence-electron chi connectivity index (χ4n) is 3.02. The van der Waals surface area contributed by atoms with Crippen LogP contribution in [-0.2, 0) is 16.5 Å². The van der Waals surface area contributed by atoms with Crippen LogP contribution in [0.2, 0.25) is 0 Å². The molecule has 1 saturated carbocycles. The van der Waals surface area contributed by atoms with E-state index in [1.54, 1.807) is 18.5 Å². The molecule has 1 N–H and O–H groups in total. The predicted octanol–water partition coefficient (Wildman–Crippen LogP) is 4.99. The molecule has 0 atom stereocenters. The number of hydrogen-bond acceptors (Lipinski definition) is 4. The van der Waals surface area contributed by atoms with Gasteiger partial charge < -0.3 is 10.1 Å². The number of ether oxygens (including phenoxy) is 1. The van der Waals surface area contributed by atoms with Gasteiger partial charge in [0.15, 0.2) is 0 Å². The van der Waals surface area contributed by atoms with Gasteiger partial charge in [0, 0.05) is 12.4 Å². The van der Waals surface area contributed by atoms with E-state index in [0.717, 1.165) is 25.3 Å². The number of hydrogen-bond donors (Lipinski definition) is 1. The lowest BCUT2D eigenvalue weighted by molar-refractivity contribution is -0.137. The van der Waals surface area contributed by atoms with Gasteiger partial charge in [0.25, 0.3) is 0 Å². The van der Waals surface area contributed by atoms with Crippen LogP contribution in [0.3, 0.4) is 0 Å². The van der Waals surface area contributed by atoms with E-state index in [1.807, 2.05) is 6.92 Å². The van der Waals surface area contributed by atoms with Crippen LogP contribution < -0.4 is 5.32 Å². The number of nitrogens with one attached hydrogen (secondary N) is 1. The lowest BCUT2D eigenvalue weighted by atomic mass is 9.71. The third-order valence-electron chi connectivity index (χ3n) is 4.59. The second-order valence-electron chi connectivity index (χ2n) is 6.29. The Kier molecular flexibility index (Phi) is 4.89. The summed E-state index contributed by atoms with van der Waals surface area (Å²) in [5, 5.41) is 3.22. The van der Waals surface area contributed by atoms with E-state index in [1.165, 1.54) is 12.1 Å². The molecule has 4 nitrogen and oxygen atoms in total. The summed E-state index contributed by atoms with van der Waals surface area (Å²) in [4.78, 5) is 8.52. The number of alkyl halides is 3. The molecule has 0 saturated heterocycles. The Bertz CT molecular complexity index is 783. The Labute approximate surface area is 150 Å². The molecule has 0 aliphatic heterocycles. The smallest absolute Gasteiger partial charge is 0.416 e. The maximum atomic E-state index is 13.0. The van der Waals surface area contributed by atoms with Gasteiger partial charge in [-0.1, -0.05) is 18.7 Å². The van der Waals surface area contributed by atoms with E-state index in [-0.39, 0.29) is 0 Å². The average Bonchev–Trinajstić information content (AvgIpc) is 2.58. The lowest BCUT2D eigenvalue weighted by Crippen LogP contribution is -2.42. The summed E-state index contributed by atoms with van der Waals surface area (Å²) in [6.45, 7) is 6.15. The van der Waals surface area contributed by atoms with Crippen LogP contribution in [0, 0.1) is 0 Å². The van der Waals surface area contributed by atoms with Crippen LogP contribution in [0.4, 0.5) is 19.1 Å². The van der Waals surface area contributed by atoms with E-state index in [9.17, 15) is 13.2 Å². The fraction of sp³-hybridized carbons (Fsp3) is 0.368. The Balaban J connectivity index is 1.82. The van der Waals surface area contributed by atoms with Gasteiger partial charge in [-0.2, -0.15) is 13.2 Å². The molecule has 2 aromatic rings. The maximum absolute atomic E-state index is 13.0. The van der Waals surface area contributed by atoms with Crippen molar-refractivity contribution in [2.45, 2.75) is 37.9 Å². The SMILES string of the molecule is C=C(OCC)c1cnc(NC2(c3cccc(C(F)(F)F)c3)CCC2)nc1. The van der Waals surface area contributed by atoms with Gasteiger partial charge >= 0.3 is 6.18 Å². The number of nitrogens with zero attached hydrogens (tertiary/aromatic N) is 2. The minimum atomic E-state index is -4.36. The molecule has 1 aromatic heterocycles. The highest BCUT2D eigenvalue weighted by atomic mass is 19.4. The van der Waals surface area contributed by atoms with Crippen molar-refractivity contribution in [1.82, 2.24) is 9.97 Å². The predicted molar refractivity (Wildman–Crippen MR) is 93.3 cm³/mol. The molecular weight excluding hydrogens is 343 g/mol. The van der Waals surface area contributed by atoms with Crippen LogP contribution in [0.25, 0.3) is 5.76 Å². The van der Waals surface area contributed by atoms with Gasteiger partial charge in [-0.15, -0.1) is 0 Å². The molecule has 0 spiro atoms. The first kappa shape index (κ1) is 18.2. The first-order valence-electron chi connectivity index (χ1n) is 8.44. The summed E-state index contributed by atoms with van der Waals surface area (Å²) in [6, 6.07) is 5.45. The zero-order chi connectivity index (χ0) is 18.8. The molecule has 26 heavy (non-hydrogen) atoms. The number of halogens is 3. The Hall–Kier alpha value is -2.57. The van der Waals surface area contributed by atoms with Gasteiger partial charge in [0.05, 0.1) is 23.3 Å².